The Morgan fingerprint density at radius 3 is 2.52 bits per heavy atom. The Hall–Kier alpha value is -2.33. The van der Waals surface area contributed by atoms with Crippen molar-refractivity contribution in [2.24, 2.45) is 0 Å². The van der Waals surface area contributed by atoms with E-state index < -0.39 is 5.97 Å². The molecular weight excluding hydrogens is 290 g/mol. The maximum atomic E-state index is 12.0. The molecule has 0 radical (unpaired) electrons. The number of halogens is 1. The molecule has 0 aliphatic rings. The van der Waals surface area contributed by atoms with E-state index in [1.165, 1.54) is 6.07 Å². The molecule has 4 nitrogen and oxygen atoms in total. The number of carbonyl (C=O) groups is 2. The fraction of sp³-hybridized carbons (Fsp3) is 0.125. The number of aromatic carboxylic acids is 1. The minimum atomic E-state index is -0.985. The summed E-state index contributed by atoms with van der Waals surface area (Å²) in [6.07, 6.45) is 0.166. The average Bonchev–Trinajstić information content (AvgIpc) is 2.41. The third-order valence-electron chi connectivity index (χ3n) is 3.05. The van der Waals surface area contributed by atoms with Crippen LogP contribution < -0.4 is 5.32 Å². The molecule has 0 saturated heterocycles. The van der Waals surface area contributed by atoms with Crippen molar-refractivity contribution >= 4 is 29.2 Å². The number of rotatable bonds is 4. The SMILES string of the molecule is Cc1cc(NC(=O)Cc2ccccc2Cl)ccc1C(=O)O. The third-order valence-corrected chi connectivity index (χ3v) is 3.42. The summed E-state index contributed by atoms with van der Waals surface area (Å²) in [4.78, 5) is 22.9. The molecular formula is C16H14ClNO3. The molecule has 0 fully saturated rings. The van der Waals surface area contributed by atoms with E-state index in [1.54, 1.807) is 37.3 Å². The van der Waals surface area contributed by atoms with E-state index in [-0.39, 0.29) is 17.9 Å². The first kappa shape index (κ1) is 15.1. The van der Waals surface area contributed by atoms with Gasteiger partial charge < -0.3 is 10.4 Å². The van der Waals surface area contributed by atoms with Gasteiger partial charge in [0.15, 0.2) is 0 Å². The molecule has 5 heteroatoms. The molecule has 1 amide bonds. The molecule has 0 heterocycles. The molecule has 2 aromatic carbocycles. The molecule has 0 aliphatic heterocycles. The fourth-order valence-electron chi connectivity index (χ4n) is 2.00. The lowest BCUT2D eigenvalue weighted by atomic mass is 10.1. The first-order valence-electron chi connectivity index (χ1n) is 6.34. The summed E-state index contributed by atoms with van der Waals surface area (Å²) in [6.45, 7) is 1.69. The van der Waals surface area contributed by atoms with E-state index in [0.29, 0.717) is 16.3 Å². The van der Waals surface area contributed by atoms with Crippen LogP contribution in [0.3, 0.4) is 0 Å². The number of amides is 1. The van der Waals surface area contributed by atoms with Crippen molar-refractivity contribution < 1.29 is 14.7 Å². The van der Waals surface area contributed by atoms with Gasteiger partial charge in [-0.2, -0.15) is 0 Å². The minimum Gasteiger partial charge on any atom is -0.478 e. The lowest BCUT2D eigenvalue weighted by Crippen LogP contribution is -2.15. The molecule has 0 spiro atoms. The van der Waals surface area contributed by atoms with Crippen molar-refractivity contribution in [3.8, 4) is 0 Å². The van der Waals surface area contributed by atoms with Crippen LogP contribution in [0.5, 0.6) is 0 Å². The number of aryl methyl sites for hydroxylation is 1. The van der Waals surface area contributed by atoms with E-state index >= 15 is 0 Å². The normalized spacial score (nSPS) is 10.2. The topological polar surface area (TPSA) is 66.4 Å². The number of anilines is 1. The van der Waals surface area contributed by atoms with Crippen LogP contribution in [0.15, 0.2) is 42.5 Å². The molecule has 0 atom stereocenters. The second-order valence-corrected chi connectivity index (χ2v) is 5.06. The monoisotopic (exact) mass is 303 g/mol. The molecule has 2 N–H and O–H groups in total. The van der Waals surface area contributed by atoms with Crippen molar-refractivity contribution in [1.29, 1.82) is 0 Å². The maximum absolute atomic E-state index is 12.0. The predicted octanol–water partition coefficient (Wildman–Crippen LogP) is 3.53. The third kappa shape index (κ3) is 3.83. The van der Waals surface area contributed by atoms with Gasteiger partial charge in [-0.25, -0.2) is 4.79 Å². The zero-order valence-corrected chi connectivity index (χ0v) is 12.1. The first-order chi connectivity index (χ1) is 9.97. The van der Waals surface area contributed by atoms with Gasteiger partial charge in [0.2, 0.25) is 5.91 Å². The van der Waals surface area contributed by atoms with Gasteiger partial charge in [0.25, 0.3) is 0 Å². The van der Waals surface area contributed by atoms with Crippen LogP contribution in [0, 0.1) is 6.92 Å². The molecule has 2 aromatic rings. The quantitative estimate of drug-likeness (QED) is 0.908. The summed E-state index contributed by atoms with van der Waals surface area (Å²) in [5.74, 6) is -1.19. The van der Waals surface area contributed by atoms with Crippen molar-refractivity contribution in [3.63, 3.8) is 0 Å². The molecule has 0 aliphatic carbocycles. The van der Waals surface area contributed by atoms with Gasteiger partial charge in [0.05, 0.1) is 12.0 Å². The average molecular weight is 304 g/mol. The Kier molecular flexibility index (Phi) is 4.60. The van der Waals surface area contributed by atoms with Crippen LogP contribution in [0.1, 0.15) is 21.5 Å². The second kappa shape index (κ2) is 6.41. The second-order valence-electron chi connectivity index (χ2n) is 4.65. The van der Waals surface area contributed by atoms with Crippen molar-refractivity contribution in [2.45, 2.75) is 13.3 Å². The highest BCUT2D eigenvalue weighted by Crippen LogP contribution is 2.18. The lowest BCUT2D eigenvalue weighted by molar-refractivity contribution is -0.115. The number of carboxylic acids is 1. The Morgan fingerprint density at radius 1 is 1.19 bits per heavy atom. The number of carbonyl (C=O) groups excluding carboxylic acids is 1. The fourth-order valence-corrected chi connectivity index (χ4v) is 2.20. The maximum Gasteiger partial charge on any atom is 0.335 e. The number of benzene rings is 2. The van der Waals surface area contributed by atoms with Crippen molar-refractivity contribution in [2.75, 3.05) is 5.32 Å². The van der Waals surface area contributed by atoms with Crippen LogP contribution in [0.25, 0.3) is 0 Å². The van der Waals surface area contributed by atoms with Crippen LogP contribution in [0.2, 0.25) is 5.02 Å². The van der Waals surface area contributed by atoms with Crippen LogP contribution in [0.4, 0.5) is 5.69 Å². The number of hydrogen-bond acceptors (Lipinski definition) is 2. The number of nitrogens with one attached hydrogen (secondary N) is 1. The molecule has 21 heavy (non-hydrogen) atoms. The summed E-state index contributed by atoms with van der Waals surface area (Å²) in [7, 11) is 0. The highest BCUT2D eigenvalue weighted by Gasteiger charge is 2.10. The first-order valence-corrected chi connectivity index (χ1v) is 6.72. The van der Waals surface area contributed by atoms with Gasteiger partial charge in [0, 0.05) is 10.7 Å². The summed E-state index contributed by atoms with van der Waals surface area (Å²) >= 11 is 6.01. The number of carboxylic acid groups (broad SMARTS) is 1. The van der Waals surface area contributed by atoms with Crippen LogP contribution in [-0.4, -0.2) is 17.0 Å². The Morgan fingerprint density at radius 2 is 1.90 bits per heavy atom. The van der Waals surface area contributed by atoms with Gasteiger partial charge in [-0.1, -0.05) is 29.8 Å². The highest BCUT2D eigenvalue weighted by molar-refractivity contribution is 6.31. The highest BCUT2D eigenvalue weighted by atomic mass is 35.5. The van der Waals surface area contributed by atoms with Gasteiger partial charge >= 0.3 is 5.97 Å². The van der Waals surface area contributed by atoms with E-state index in [9.17, 15) is 9.59 Å². The zero-order chi connectivity index (χ0) is 15.4. The van der Waals surface area contributed by atoms with Crippen molar-refractivity contribution in [1.82, 2.24) is 0 Å². The van der Waals surface area contributed by atoms with E-state index in [1.807, 2.05) is 6.07 Å². The smallest absolute Gasteiger partial charge is 0.335 e. The lowest BCUT2D eigenvalue weighted by Gasteiger charge is -2.08. The Labute approximate surface area is 127 Å². The summed E-state index contributed by atoms with van der Waals surface area (Å²) < 4.78 is 0. The largest absolute Gasteiger partial charge is 0.478 e. The van der Waals surface area contributed by atoms with Crippen LogP contribution >= 0.6 is 11.6 Å². The molecule has 0 bridgehead atoms. The summed E-state index contributed by atoms with van der Waals surface area (Å²) in [5.41, 5.74) is 2.13. The van der Waals surface area contributed by atoms with E-state index in [4.69, 9.17) is 16.7 Å². The van der Waals surface area contributed by atoms with E-state index in [2.05, 4.69) is 5.32 Å². The summed E-state index contributed by atoms with van der Waals surface area (Å²) in [6, 6.07) is 11.8. The standard InChI is InChI=1S/C16H14ClNO3/c1-10-8-12(6-7-13(10)16(20)21)18-15(19)9-11-4-2-3-5-14(11)17/h2-8H,9H2,1H3,(H,18,19)(H,20,21). The molecule has 108 valence electrons. The van der Waals surface area contributed by atoms with Crippen LogP contribution in [-0.2, 0) is 11.2 Å². The Bertz CT molecular complexity index is 698. The van der Waals surface area contributed by atoms with E-state index in [0.717, 1.165) is 5.56 Å². The predicted molar refractivity (Wildman–Crippen MR) is 81.9 cm³/mol. The Balaban J connectivity index is 2.08. The molecule has 2 rings (SSSR count). The molecule has 0 saturated carbocycles. The van der Waals surface area contributed by atoms with Gasteiger partial charge in [-0.15, -0.1) is 0 Å². The van der Waals surface area contributed by atoms with Gasteiger partial charge in [0.1, 0.15) is 0 Å². The molecule has 0 aromatic heterocycles. The molecule has 0 unspecified atom stereocenters. The zero-order valence-electron chi connectivity index (χ0n) is 11.4. The summed E-state index contributed by atoms with van der Waals surface area (Å²) in [5, 5.41) is 12.2. The van der Waals surface area contributed by atoms with Gasteiger partial charge in [-0.3, -0.25) is 4.79 Å². The van der Waals surface area contributed by atoms with Gasteiger partial charge in [-0.05, 0) is 42.3 Å². The minimum absolute atomic E-state index is 0.166. The van der Waals surface area contributed by atoms with Crippen molar-refractivity contribution in [3.05, 3.63) is 64.2 Å². The number of hydrogen-bond donors (Lipinski definition) is 2.